The van der Waals surface area contributed by atoms with Gasteiger partial charge in [0.1, 0.15) is 5.82 Å². The van der Waals surface area contributed by atoms with Crippen LogP contribution in [0.1, 0.15) is 31.4 Å². The summed E-state index contributed by atoms with van der Waals surface area (Å²) >= 11 is 0. The van der Waals surface area contributed by atoms with Gasteiger partial charge in [0.05, 0.1) is 5.57 Å². The second-order valence-corrected chi connectivity index (χ2v) is 4.64. The molecule has 20 heavy (non-hydrogen) atoms. The second kappa shape index (κ2) is 7.48. The Bertz CT molecular complexity index is 543. The number of halogens is 1. The van der Waals surface area contributed by atoms with Crippen LogP contribution in [0.4, 0.5) is 4.39 Å². The predicted octanol–water partition coefficient (Wildman–Crippen LogP) is 2.95. The fraction of sp³-hybridized carbons (Fsp3) is 0.312. The molecule has 1 aromatic rings. The largest absolute Gasteiger partial charge is 0.402 e. The summed E-state index contributed by atoms with van der Waals surface area (Å²) in [6.45, 7) is 5.48. The first-order valence-electron chi connectivity index (χ1n) is 6.62. The van der Waals surface area contributed by atoms with Crippen LogP contribution in [0.15, 0.2) is 41.6 Å². The van der Waals surface area contributed by atoms with E-state index in [1.807, 2.05) is 13.0 Å². The molecule has 0 saturated heterocycles. The Labute approximate surface area is 119 Å². The summed E-state index contributed by atoms with van der Waals surface area (Å²) in [7, 11) is 0. The van der Waals surface area contributed by atoms with Crippen molar-refractivity contribution in [2.75, 3.05) is 0 Å². The van der Waals surface area contributed by atoms with E-state index in [1.54, 1.807) is 38.1 Å². The number of carbonyl (C=O) groups excluding carboxylic acids is 1. The van der Waals surface area contributed by atoms with E-state index in [9.17, 15) is 9.18 Å². The van der Waals surface area contributed by atoms with Crippen LogP contribution in [0.25, 0.3) is 0 Å². The van der Waals surface area contributed by atoms with E-state index in [0.717, 1.165) is 6.42 Å². The Hall–Kier alpha value is -2.10. The third-order valence-corrected chi connectivity index (χ3v) is 2.90. The molecule has 0 radical (unpaired) electrons. The van der Waals surface area contributed by atoms with Gasteiger partial charge >= 0.3 is 0 Å². The molecule has 0 spiro atoms. The SMILES string of the molecule is CC/C=C\C(C(=O)NCc1cccc(C)c1F)=C(/C)N. The maximum Gasteiger partial charge on any atom is 0.253 e. The molecule has 1 rings (SSSR count). The fourth-order valence-electron chi connectivity index (χ4n) is 1.74. The third kappa shape index (κ3) is 4.23. The minimum Gasteiger partial charge on any atom is -0.402 e. The first-order chi connectivity index (χ1) is 9.47. The quantitative estimate of drug-likeness (QED) is 0.641. The van der Waals surface area contributed by atoms with Crippen LogP contribution in [-0.4, -0.2) is 5.91 Å². The van der Waals surface area contributed by atoms with Crippen LogP contribution in [0.3, 0.4) is 0 Å². The lowest BCUT2D eigenvalue weighted by molar-refractivity contribution is -0.117. The van der Waals surface area contributed by atoms with Crippen LogP contribution in [0.2, 0.25) is 0 Å². The number of rotatable bonds is 5. The second-order valence-electron chi connectivity index (χ2n) is 4.64. The van der Waals surface area contributed by atoms with Gasteiger partial charge in [-0.1, -0.05) is 37.3 Å². The van der Waals surface area contributed by atoms with Crippen LogP contribution < -0.4 is 11.1 Å². The molecule has 0 atom stereocenters. The molecule has 108 valence electrons. The first kappa shape index (κ1) is 16.0. The van der Waals surface area contributed by atoms with Gasteiger partial charge < -0.3 is 11.1 Å². The van der Waals surface area contributed by atoms with Crippen molar-refractivity contribution >= 4 is 5.91 Å². The average Bonchev–Trinajstić information content (AvgIpc) is 2.40. The molecule has 0 aliphatic rings. The van der Waals surface area contributed by atoms with E-state index in [4.69, 9.17) is 5.73 Å². The van der Waals surface area contributed by atoms with Gasteiger partial charge in [0, 0.05) is 17.8 Å². The summed E-state index contributed by atoms with van der Waals surface area (Å²) in [6, 6.07) is 5.12. The maximum atomic E-state index is 13.8. The Balaban J connectivity index is 2.78. The number of benzene rings is 1. The number of allylic oxidation sites excluding steroid dienone is 2. The van der Waals surface area contributed by atoms with E-state index in [-0.39, 0.29) is 18.3 Å². The molecule has 4 heteroatoms. The zero-order valence-corrected chi connectivity index (χ0v) is 12.2. The van der Waals surface area contributed by atoms with Crippen molar-refractivity contribution in [1.82, 2.24) is 5.32 Å². The van der Waals surface area contributed by atoms with E-state index in [0.29, 0.717) is 22.4 Å². The fourth-order valence-corrected chi connectivity index (χ4v) is 1.74. The summed E-state index contributed by atoms with van der Waals surface area (Å²) in [4.78, 5) is 12.0. The molecular weight excluding hydrogens is 255 g/mol. The Morgan fingerprint density at radius 1 is 1.45 bits per heavy atom. The highest BCUT2D eigenvalue weighted by atomic mass is 19.1. The molecule has 0 aromatic heterocycles. The number of hydrogen-bond donors (Lipinski definition) is 2. The normalized spacial score (nSPS) is 12.4. The highest BCUT2D eigenvalue weighted by Gasteiger charge is 2.10. The minimum absolute atomic E-state index is 0.142. The van der Waals surface area contributed by atoms with Gasteiger partial charge in [-0.25, -0.2) is 4.39 Å². The van der Waals surface area contributed by atoms with Gasteiger partial charge in [0.2, 0.25) is 0 Å². The monoisotopic (exact) mass is 276 g/mol. The van der Waals surface area contributed by atoms with Gasteiger partial charge in [-0.2, -0.15) is 0 Å². The van der Waals surface area contributed by atoms with Crippen molar-refractivity contribution in [2.24, 2.45) is 5.73 Å². The molecule has 3 N–H and O–H groups in total. The minimum atomic E-state index is -0.296. The lowest BCUT2D eigenvalue weighted by Gasteiger charge is -2.09. The molecule has 1 amide bonds. The molecule has 0 aliphatic heterocycles. The van der Waals surface area contributed by atoms with Crippen molar-refractivity contribution in [1.29, 1.82) is 0 Å². The average molecular weight is 276 g/mol. The van der Waals surface area contributed by atoms with Crippen LogP contribution in [0, 0.1) is 12.7 Å². The van der Waals surface area contributed by atoms with E-state index in [1.165, 1.54) is 0 Å². The third-order valence-electron chi connectivity index (χ3n) is 2.90. The van der Waals surface area contributed by atoms with E-state index in [2.05, 4.69) is 5.32 Å². The van der Waals surface area contributed by atoms with Crippen molar-refractivity contribution in [3.8, 4) is 0 Å². The van der Waals surface area contributed by atoms with Gasteiger partial charge in [-0.05, 0) is 25.8 Å². The molecule has 0 heterocycles. The summed E-state index contributed by atoms with van der Waals surface area (Å²) in [5.41, 5.74) is 7.58. The summed E-state index contributed by atoms with van der Waals surface area (Å²) in [5.74, 6) is -0.581. The lowest BCUT2D eigenvalue weighted by atomic mass is 10.1. The van der Waals surface area contributed by atoms with Crippen molar-refractivity contribution in [2.45, 2.75) is 33.7 Å². The van der Waals surface area contributed by atoms with Crippen LogP contribution in [-0.2, 0) is 11.3 Å². The van der Waals surface area contributed by atoms with Gasteiger partial charge in [-0.3, -0.25) is 4.79 Å². The molecule has 0 aliphatic carbocycles. The van der Waals surface area contributed by atoms with Crippen molar-refractivity contribution < 1.29 is 9.18 Å². The van der Waals surface area contributed by atoms with Gasteiger partial charge in [0.15, 0.2) is 0 Å². The molecule has 0 fully saturated rings. The Morgan fingerprint density at radius 3 is 2.75 bits per heavy atom. The number of nitrogens with one attached hydrogen (secondary N) is 1. The highest BCUT2D eigenvalue weighted by molar-refractivity contribution is 5.96. The molecule has 0 unspecified atom stereocenters. The summed E-state index contributed by atoms with van der Waals surface area (Å²) in [6.07, 6.45) is 4.37. The summed E-state index contributed by atoms with van der Waals surface area (Å²) in [5, 5.41) is 2.69. The number of carbonyl (C=O) groups is 1. The molecule has 3 nitrogen and oxygen atoms in total. The van der Waals surface area contributed by atoms with E-state index >= 15 is 0 Å². The molecule has 0 saturated carbocycles. The van der Waals surface area contributed by atoms with Crippen molar-refractivity contribution in [3.05, 3.63) is 58.6 Å². The molecule has 1 aromatic carbocycles. The van der Waals surface area contributed by atoms with E-state index < -0.39 is 0 Å². The molecule has 0 bridgehead atoms. The standard InChI is InChI=1S/C16H21FN2O/c1-4-5-9-14(12(3)18)16(20)19-10-13-8-6-7-11(2)15(13)17/h5-9H,4,10,18H2,1-3H3,(H,19,20)/b9-5-,14-12-. The summed E-state index contributed by atoms with van der Waals surface area (Å²) < 4.78 is 13.8. The number of aryl methyl sites for hydroxylation is 1. The van der Waals surface area contributed by atoms with Gasteiger partial charge in [-0.15, -0.1) is 0 Å². The first-order valence-corrected chi connectivity index (χ1v) is 6.62. The van der Waals surface area contributed by atoms with Crippen LogP contribution in [0.5, 0.6) is 0 Å². The van der Waals surface area contributed by atoms with Gasteiger partial charge in [0.25, 0.3) is 5.91 Å². The smallest absolute Gasteiger partial charge is 0.253 e. The zero-order chi connectivity index (χ0) is 15.1. The number of hydrogen-bond acceptors (Lipinski definition) is 2. The van der Waals surface area contributed by atoms with Crippen LogP contribution >= 0.6 is 0 Å². The van der Waals surface area contributed by atoms with Crippen molar-refractivity contribution in [3.63, 3.8) is 0 Å². The number of nitrogens with two attached hydrogens (primary N) is 1. The Kier molecular flexibility index (Phi) is 5.97. The molecular formula is C16H21FN2O. The zero-order valence-electron chi connectivity index (χ0n) is 12.2. The Morgan fingerprint density at radius 2 is 2.15 bits per heavy atom. The highest BCUT2D eigenvalue weighted by Crippen LogP contribution is 2.12. The lowest BCUT2D eigenvalue weighted by Crippen LogP contribution is -2.26. The number of amides is 1. The predicted molar refractivity (Wildman–Crippen MR) is 79.3 cm³/mol. The topological polar surface area (TPSA) is 55.1 Å². The maximum absolute atomic E-state index is 13.8.